The van der Waals surface area contributed by atoms with Crippen molar-refractivity contribution in [3.05, 3.63) is 11.6 Å². The van der Waals surface area contributed by atoms with Crippen LogP contribution in [-0.2, 0) is 0 Å². The van der Waals surface area contributed by atoms with E-state index in [4.69, 9.17) is 7.85 Å². The molecule has 50 valence electrons. The fourth-order valence-corrected chi connectivity index (χ4v) is 0.577. The molecule has 0 heterocycles. The third kappa shape index (κ3) is 4.32. The van der Waals surface area contributed by atoms with E-state index in [2.05, 4.69) is 33.8 Å². The lowest BCUT2D eigenvalue weighted by atomic mass is 9.77. The second-order valence-corrected chi connectivity index (χ2v) is 3.07. The molecule has 2 radical (unpaired) electrons. The van der Waals surface area contributed by atoms with E-state index in [9.17, 15) is 0 Å². The van der Waals surface area contributed by atoms with Crippen molar-refractivity contribution in [1.29, 1.82) is 0 Å². The lowest BCUT2D eigenvalue weighted by Crippen LogP contribution is -1.97. The van der Waals surface area contributed by atoms with Gasteiger partial charge in [0, 0.05) is 0 Å². The van der Waals surface area contributed by atoms with Gasteiger partial charge in [0.25, 0.3) is 0 Å². The first-order valence-corrected chi connectivity index (χ1v) is 3.44. The number of hydrogen-bond acceptors (Lipinski definition) is 0. The van der Waals surface area contributed by atoms with Crippen LogP contribution in [0.5, 0.6) is 0 Å². The van der Waals surface area contributed by atoms with E-state index < -0.39 is 0 Å². The quantitative estimate of drug-likeness (QED) is 0.390. The van der Waals surface area contributed by atoms with Gasteiger partial charge >= 0.3 is 0 Å². The fraction of sp³-hybridized carbons (Fsp3) is 0.750. The molecule has 0 N–H and O–H groups in total. The van der Waals surface area contributed by atoms with Gasteiger partial charge in [-0.15, -0.1) is 0 Å². The zero-order chi connectivity index (χ0) is 7.44. The molecule has 0 aromatic carbocycles. The Bertz CT molecular complexity index is 99.1. The van der Waals surface area contributed by atoms with Crippen LogP contribution in [-0.4, -0.2) is 7.85 Å². The van der Waals surface area contributed by atoms with E-state index in [1.165, 1.54) is 5.57 Å². The van der Waals surface area contributed by atoms with Crippen molar-refractivity contribution in [3.63, 3.8) is 0 Å². The summed E-state index contributed by atoms with van der Waals surface area (Å²) in [5.41, 5.74) is 1.30. The number of hydrogen-bond donors (Lipinski definition) is 0. The van der Waals surface area contributed by atoms with Crippen LogP contribution in [0.25, 0.3) is 0 Å². The van der Waals surface area contributed by atoms with Gasteiger partial charge in [-0.05, 0) is 19.8 Å². The van der Waals surface area contributed by atoms with Gasteiger partial charge < -0.3 is 0 Å². The average molecular weight is 122 g/mol. The Hall–Kier alpha value is -0.195. The minimum atomic E-state index is 0.231. The zero-order valence-electron chi connectivity index (χ0n) is 6.81. The van der Waals surface area contributed by atoms with Crippen LogP contribution in [0, 0.1) is 5.92 Å². The summed E-state index contributed by atoms with van der Waals surface area (Å²) in [5.74, 6) is 0.787. The van der Waals surface area contributed by atoms with Gasteiger partial charge in [-0.1, -0.05) is 31.3 Å². The Kier molecular flexibility index (Phi) is 3.68. The van der Waals surface area contributed by atoms with Crippen molar-refractivity contribution in [2.45, 2.75) is 33.5 Å². The molecule has 1 unspecified atom stereocenters. The largest absolute Gasteiger partial charge is 0.0912 e. The number of rotatable bonds is 2. The Morgan fingerprint density at radius 2 is 1.78 bits per heavy atom. The summed E-state index contributed by atoms with van der Waals surface area (Å²) in [7, 11) is 5.74. The molecule has 9 heavy (non-hydrogen) atoms. The van der Waals surface area contributed by atoms with E-state index in [0.717, 1.165) is 0 Å². The summed E-state index contributed by atoms with van der Waals surface area (Å²) in [6, 6.07) is 0. The van der Waals surface area contributed by atoms with Crippen LogP contribution in [0.3, 0.4) is 0 Å². The molecule has 0 aliphatic rings. The highest BCUT2D eigenvalue weighted by molar-refractivity contribution is 6.13. The van der Waals surface area contributed by atoms with Crippen LogP contribution in [0.15, 0.2) is 11.6 Å². The average Bonchev–Trinajstić information content (AvgIpc) is 1.63. The first kappa shape index (κ1) is 8.80. The van der Waals surface area contributed by atoms with Crippen LogP contribution in [0.2, 0.25) is 5.82 Å². The fourth-order valence-electron chi connectivity index (χ4n) is 0.577. The molecule has 0 aromatic heterocycles. The van der Waals surface area contributed by atoms with E-state index in [-0.39, 0.29) is 5.82 Å². The summed E-state index contributed by atoms with van der Waals surface area (Å²) in [6.07, 6.45) is 2.10. The highest BCUT2D eigenvalue weighted by Crippen LogP contribution is 2.15. The smallest absolute Gasteiger partial charge is 0.0758 e. The van der Waals surface area contributed by atoms with Gasteiger partial charge in [0.15, 0.2) is 0 Å². The molecule has 1 atom stereocenters. The van der Waals surface area contributed by atoms with E-state index in [1.54, 1.807) is 0 Å². The minimum Gasteiger partial charge on any atom is -0.0912 e. The van der Waals surface area contributed by atoms with Crippen molar-refractivity contribution >= 4 is 7.85 Å². The first-order valence-electron chi connectivity index (χ1n) is 3.44. The maximum Gasteiger partial charge on any atom is 0.0758 e. The van der Waals surface area contributed by atoms with Gasteiger partial charge in [0.05, 0.1) is 7.85 Å². The van der Waals surface area contributed by atoms with Gasteiger partial charge in [-0.3, -0.25) is 0 Å². The van der Waals surface area contributed by atoms with E-state index in [1.807, 2.05) is 0 Å². The molecule has 0 amide bonds. The Labute approximate surface area is 59.8 Å². The topological polar surface area (TPSA) is 0 Å². The van der Waals surface area contributed by atoms with Crippen LogP contribution < -0.4 is 0 Å². The Morgan fingerprint density at radius 1 is 1.33 bits per heavy atom. The third-order valence-electron chi connectivity index (χ3n) is 1.30. The van der Waals surface area contributed by atoms with Crippen molar-refractivity contribution in [2.75, 3.05) is 0 Å². The molecule has 0 rings (SSSR count). The second kappa shape index (κ2) is 3.76. The lowest BCUT2D eigenvalue weighted by Gasteiger charge is -2.10. The highest BCUT2D eigenvalue weighted by Gasteiger charge is 2.00. The summed E-state index contributed by atoms with van der Waals surface area (Å²) < 4.78 is 0. The van der Waals surface area contributed by atoms with Gasteiger partial charge in [0.2, 0.25) is 0 Å². The van der Waals surface area contributed by atoms with Crippen LogP contribution >= 0.6 is 0 Å². The van der Waals surface area contributed by atoms with E-state index in [0.29, 0.717) is 5.92 Å². The maximum atomic E-state index is 5.74. The zero-order valence-corrected chi connectivity index (χ0v) is 6.81. The third-order valence-corrected chi connectivity index (χ3v) is 1.30. The first-order chi connectivity index (χ1) is 4.04. The maximum absolute atomic E-state index is 5.74. The minimum absolute atomic E-state index is 0.231. The normalized spacial score (nSPS) is 13.4. The Balaban J connectivity index is 3.76. The van der Waals surface area contributed by atoms with Crippen molar-refractivity contribution in [3.8, 4) is 0 Å². The van der Waals surface area contributed by atoms with Crippen LogP contribution in [0.1, 0.15) is 27.7 Å². The summed E-state index contributed by atoms with van der Waals surface area (Å²) in [4.78, 5) is 0. The molecular formula is C8H15B. The molecule has 0 aliphatic heterocycles. The van der Waals surface area contributed by atoms with Gasteiger partial charge in [0.1, 0.15) is 0 Å². The standard InChI is InChI=1S/C8H15B/c1-6(2)5-8(9)7(3)4/h5,7-8H,1-4H3. The molecular weight excluding hydrogens is 107 g/mol. The van der Waals surface area contributed by atoms with Gasteiger partial charge in [-0.2, -0.15) is 0 Å². The van der Waals surface area contributed by atoms with Crippen LogP contribution in [0.4, 0.5) is 0 Å². The summed E-state index contributed by atoms with van der Waals surface area (Å²) in [6.45, 7) is 8.40. The Morgan fingerprint density at radius 3 is 1.89 bits per heavy atom. The molecule has 0 nitrogen and oxygen atoms in total. The molecule has 0 fully saturated rings. The predicted octanol–water partition coefficient (Wildman–Crippen LogP) is 2.57. The molecule has 0 aliphatic carbocycles. The molecule has 0 bridgehead atoms. The lowest BCUT2D eigenvalue weighted by molar-refractivity contribution is 0.660. The van der Waals surface area contributed by atoms with Crippen molar-refractivity contribution in [2.24, 2.45) is 5.92 Å². The summed E-state index contributed by atoms with van der Waals surface area (Å²) >= 11 is 0. The SMILES string of the molecule is [B]C(C=C(C)C)C(C)C. The van der Waals surface area contributed by atoms with Gasteiger partial charge in [-0.25, -0.2) is 0 Å². The highest BCUT2D eigenvalue weighted by atomic mass is 14.0. The molecule has 0 saturated heterocycles. The molecule has 0 spiro atoms. The molecule has 0 saturated carbocycles. The molecule has 0 aromatic rings. The second-order valence-electron chi connectivity index (χ2n) is 3.07. The molecule has 1 heteroatoms. The van der Waals surface area contributed by atoms with Crippen molar-refractivity contribution in [1.82, 2.24) is 0 Å². The van der Waals surface area contributed by atoms with Crippen molar-refractivity contribution < 1.29 is 0 Å². The van der Waals surface area contributed by atoms with E-state index >= 15 is 0 Å². The summed E-state index contributed by atoms with van der Waals surface area (Å²) in [5, 5.41) is 0. The monoisotopic (exact) mass is 122 g/mol. The predicted molar refractivity (Wildman–Crippen MR) is 43.8 cm³/mol. The number of allylic oxidation sites excluding steroid dienone is 2.